The summed E-state index contributed by atoms with van der Waals surface area (Å²) in [5.74, 6) is -1.72. The van der Waals surface area contributed by atoms with Gasteiger partial charge in [0, 0.05) is 24.3 Å². The Bertz CT molecular complexity index is 630. The minimum Gasteiger partial charge on any atom is -0.348 e. The van der Waals surface area contributed by atoms with Crippen LogP contribution in [0.5, 0.6) is 0 Å². The fourth-order valence-electron chi connectivity index (χ4n) is 2.72. The summed E-state index contributed by atoms with van der Waals surface area (Å²) in [4.78, 5) is 40.0. The standard InChI is InChI=1S/C17H24N4O3/c1-4-21-13-9-6-5-8-12(13)14(17(21)24)19-16(23)15(22)18-10-7-11-20(2)3/h5-6,8-9,14H,4,7,10-11H2,1-3H3,(H,18,22)(H,19,23)/t14-/m0/s1. The minimum atomic E-state index is -0.804. The van der Waals surface area contributed by atoms with E-state index in [0.29, 0.717) is 13.1 Å². The van der Waals surface area contributed by atoms with Gasteiger partial charge in [-0.2, -0.15) is 0 Å². The lowest BCUT2D eigenvalue weighted by Gasteiger charge is -2.15. The first-order valence-corrected chi connectivity index (χ1v) is 8.09. The third-order valence-electron chi connectivity index (χ3n) is 3.92. The van der Waals surface area contributed by atoms with Crippen LogP contribution in [0.3, 0.4) is 0 Å². The molecule has 1 aliphatic heterocycles. The highest BCUT2D eigenvalue weighted by Gasteiger charge is 2.37. The van der Waals surface area contributed by atoms with Crippen LogP contribution < -0.4 is 15.5 Å². The van der Waals surface area contributed by atoms with E-state index in [1.165, 1.54) is 0 Å². The van der Waals surface area contributed by atoms with Gasteiger partial charge in [-0.15, -0.1) is 0 Å². The summed E-state index contributed by atoms with van der Waals surface area (Å²) in [6.07, 6.45) is 0.751. The van der Waals surface area contributed by atoms with E-state index in [1.807, 2.05) is 44.1 Å². The van der Waals surface area contributed by atoms with Crippen molar-refractivity contribution in [2.75, 3.05) is 38.6 Å². The molecule has 0 bridgehead atoms. The highest BCUT2D eigenvalue weighted by Crippen LogP contribution is 2.35. The summed E-state index contributed by atoms with van der Waals surface area (Å²) in [7, 11) is 3.88. The first-order chi connectivity index (χ1) is 11.5. The van der Waals surface area contributed by atoms with E-state index in [2.05, 4.69) is 10.6 Å². The third-order valence-corrected chi connectivity index (χ3v) is 3.92. The number of hydrogen-bond acceptors (Lipinski definition) is 4. The summed E-state index contributed by atoms with van der Waals surface area (Å²) in [5, 5.41) is 5.12. The largest absolute Gasteiger partial charge is 0.348 e. The molecule has 0 fully saturated rings. The number of hydrogen-bond donors (Lipinski definition) is 2. The molecule has 0 aromatic heterocycles. The number of carbonyl (C=O) groups is 3. The average molecular weight is 332 g/mol. The van der Waals surface area contributed by atoms with Crippen LogP contribution >= 0.6 is 0 Å². The van der Waals surface area contributed by atoms with Crippen molar-refractivity contribution in [3.05, 3.63) is 29.8 Å². The predicted molar refractivity (Wildman–Crippen MR) is 91.5 cm³/mol. The van der Waals surface area contributed by atoms with E-state index in [0.717, 1.165) is 24.2 Å². The Morgan fingerprint density at radius 2 is 1.92 bits per heavy atom. The van der Waals surface area contributed by atoms with Gasteiger partial charge in [0.05, 0.1) is 0 Å². The molecule has 0 aliphatic carbocycles. The lowest BCUT2D eigenvalue weighted by atomic mass is 10.1. The van der Waals surface area contributed by atoms with Crippen molar-refractivity contribution in [3.63, 3.8) is 0 Å². The van der Waals surface area contributed by atoms with Crippen molar-refractivity contribution < 1.29 is 14.4 Å². The first kappa shape index (κ1) is 17.9. The number of nitrogens with zero attached hydrogens (tertiary/aromatic N) is 2. The summed E-state index contributed by atoms with van der Waals surface area (Å²) >= 11 is 0. The Kier molecular flexibility index (Phi) is 5.92. The smallest absolute Gasteiger partial charge is 0.310 e. The number of likely N-dealkylation sites (N-methyl/N-ethyl adjacent to an activating group) is 1. The van der Waals surface area contributed by atoms with Crippen molar-refractivity contribution >= 4 is 23.4 Å². The zero-order chi connectivity index (χ0) is 17.7. The molecular weight excluding hydrogens is 308 g/mol. The predicted octanol–water partition coefficient (Wildman–Crippen LogP) is 0.278. The van der Waals surface area contributed by atoms with Crippen LogP contribution in [-0.4, -0.2) is 56.4 Å². The van der Waals surface area contributed by atoms with Crippen LogP contribution in [0.25, 0.3) is 0 Å². The zero-order valence-electron chi connectivity index (χ0n) is 14.3. The molecule has 7 heteroatoms. The molecule has 1 aromatic rings. The van der Waals surface area contributed by atoms with Crippen LogP contribution in [0.1, 0.15) is 24.9 Å². The Hall–Kier alpha value is -2.41. The van der Waals surface area contributed by atoms with Crippen LogP contribution in [0, 0.1) is 0 Å². The lowest BCUT2D eigenvalue weighted by Crippen LogP contribution is -2.44. The molecule has 24 heavy (non-hydrogen) atoms. The van der Waals surface area contributed by atoms with Crippen molar-refractivity contribution in [1.82, 2.24) is 15.5 Å². The quantitative estimate of drug-likeness (QED) is 0.579. The Balaban J connectivity index is 1.96. The second kappa shape index (κ2) is 7.92. The Labute approximate surface area is 142 Å². The van der Waals surface area contributed by atoms with E-state index in [9.17, 15) is 14.4 Å². The SMILES string of the molecule is CCN1C(=O)[C@@H](NC(=O)C(=O)NCCCN(C)C)c2ccccc21. The molecule has 7 nitrogen and oxygen atoms in total. The van der Waals surface area contributed by atoms with Crippen LogP contribution in [-0.2, 0) is 14.4 Å². The highest BCUT2D eigenvalue weighted by atomic mass is 16.2. The summed E-state index contributed by atoms with van der Waals surface area (Å²) in [6.45, 7) is 3.62. The highest BCUT2D eigenvalue weighted by molar-refractivity contribution is 6.35. The van der Waals surface area contributed by atoms with Crippen LogP contribution in [0.4, 0.5) is 5.69 Å². The molecule has 1 aromatic carbocycles. The first-order valence-electron chi connectivity index (χ1n) is 8.09. The van der Waals surface area contributed by atoms with Gasteiger partial charge in [0.1, 0.15) is 6.04 Å². The van der Waals surface area contributed by atoms with Gasteiger partial charge in [-0.05, 0) is 40.1 Å². The number of fused-ring (bicyclic) bond motifs is 1. The topological polar surface area (TPSA) is 81.8 Å². The molecule has 2 N–H and O–H groups in total. The van der Waals surface area contributed by atoms with Crippen molar-refractivity contribution in [1.29, 1.82) is 0 Å². The van der Waals surface area contributed by atoms with Crippen LogP contribution in [0.15, 0.2) is 24.3 Å². The maximum atomic E-state index is 12.5. The molecule has 130 valence electrons. The third kappa shape index (κ3) is 3.91. The number of para-hydroxylation sites is 1. The second-order valence-corrected chi connectivity index (χ2v) is 5.96. The van der Waals surface area contributed by atoms with Gasteiger partial charge in [-0.1, -0.05) is 18.2 Å². The van der Waals surface area contributed by atoms with E-state index >= 15 is 0 Å². The summed E-state index contributed by atoms with van der Waals surface area (Å²) in [5.41, 5.74) is 1.50. The van der Waals surface area contributed by atoms with Gasteiger partial charge in [-0.3, -0.25) is 14.4 Å². The van der Waals surface area contributed by atoms with E-state index < -0.39 is 17.9 Å². The molecule has 0 saturated carbocycles. The Morgan fingerprint density at radius 3 is 2.58 bits per heavy atom. The molecule has 0 radical (unpaired) electrons. The van der Waals surface area contributed by atoms with E-state index in [4.69, 9.17) is 0 Å². The second-order valence-electron chi connectivity index (χ2n) is 5.96. The van der Waals surface area contributed by atoms with E-state index in [1.54, 1.807) is 11.0 Å². The Morgan fingerprint density at radius 1 is 1.21 bits per heavy atom. The number of benzene rings is 1. The van der Waals surface area contributed by atoms with Gasteiger partial charge in [0.2, 0.25) is 0 Å². The van der Waals surface area contributed by atoms with Gasteiger partial charge < -0.3 is 20.4 Å². The summed E-state index contributed by atoms with van der Waals surface area (Å²) < 4.78 is 0. The number of anilines is 1. The van der Waals surface area contributed by atoms with Gasteiger partial charge >= 0.3 is 11.8 Å². The number of nitrogens with one attached hydrogen (secondary N) is 2. The molecule has 0 spiro atoms. The molecule has 0 saturated heterocycles. The molecule has 2 rings (SSSR count). The zero-order valence-corrected chi connectivity index (χ0v) is 14.3. The van der Waals surface area contributed by atoms with E-state index in [-0.39, 0.29) is 5.91 Å². The minimum absolute atomic E-state index is 0.215. The van der Waals surface area contributed by atoms with Crippen molar-refractivity contribution in [3.8, 4) is 0 Å². The molecule has 1 heterocycles. The number of amides is 3. The molecule has 1 aliphatic rings. The normalized spacial score (nSPS) is 16.2. The fourth-order valence-corrected chi connectivity index (χ4v) is 2.72. The van der Waals surface area contributed by atoms with Crippen molar-refractivity contribution in [2.45, 2.75) is 19.4 Å². The monoisotopic (exact) mass is 332 g/mol. The molecule has 0 unspecified atom stereocenters. The maximum absolute atomic E-state index is 12.5. The molecular formula is C17H24N4O3. The molecule has 3 amide bonds. The lowest BCUT2D eigenvalue weighted by molar-refractivity contribution is -0.140. The van der Waals surface area contributed by atoms with Gasteiger partial charge in [0.15, 0.2) is 0 Å². The van der Waals surface area contributed by atoms with Crippen LogP contribution in [0.2, 0.25) is 0 Å². The number of carbonyl (C=O) groups excluding carboxylic acids is 3. The number of rotatable bonds is 6. The van der Waals surface area contributed by atoms with Gasteiger partial charge in [-0.25, -0.2) is 0 Å². The maximum Gasteiger partial charge on any atom is 0.310 e. The molecule has 1 atom stereocenters. The summed E-state index contributed by atoms with van der Waals surface area (Å²) in [6, 6.07) is 6.48. The van der Waals surface area contributed by atoms with Gasteiger partial charge in [0.25, 0.3) is 5.91 Å². The average Bonchev–Trinajstić information content (AvgIpc) is 2.83. The van der Waals surface area contributed by atoms with Crippen molar-refractivity contribution in [2.24, 2.45) is 0 Å². The fraction of sp³-hybridized carbons (Fsp3) is 0.471.